The molecule has 0 radical (unpaired) electrons. The first-order valence-corrected chi connectivity index (χ1v) is 10.8. The topological polar surface area (TPSA) is 92.0 Å². The van der Waals surface area contributed by atoms with E-state index in [0.717, 1.165) is 4.47 Å². The van der Waals surface area contributed by atoms with Crippen molar-refractivity contribution in [3.8, 4) is 0 Å². The molecular formula is C20H18BrN3O4S. The Morgan fingerprint density at radius 1 is 1.14 bits per heavy atom. The highest BCUT2D eigenvalue weighted by atomic mass is 79.9. The van der Waals surface area contributed by atoms with Crippen molar-refractivity contribution < 1.29 is 17.6 Å². The second-order valence-corrected chi connectivity index (χ2v) is 8.91. The largest absolute Gasteiger partial charge is 0.459 e. The molecule has 0 atom stereocenters. The van der Waals surface area contributed by atoms with Gasteiger partial charge in [-0.25, -0.2) is 13.8 Å². The lowest BCUT2D eigenvalue weighted by Gasteiger charge is -2.19. The normalized spacial score (nSPS) is 11.6. The van der Waals surface area contributed by atoms with Crippen molar-refractivity contribution in [3.63, 3.8) is 0 Å². The number of furan rings is 1. The zero-order valence-electron chi connectivity index (χ0n) is 15.7. The maximum atomic E-state index is 12.7. The van der Waals surface area contributed by atoms with Gasteiger partial charge in [0.15, 0.2) is 0 Å². The first kappa shape index (κ1) is 20.8. The predicted octanol–water partition coefficient (Wildman–Crippen LogP) is 3.94. The molecule has 3 aromatic rings. The van der Waals surface area contributed by atoms with Crippen LogP contribution in [0.1, 0.15) is 21.9 Å². The van der Waals surface area contributed by atoms with Crippen molar-refractivity contribution in [1.82, 2.24) is 5.43 Å². The van der Waals surface area contributed by atoms with E-state index in [-0.39, 0.29) is 4.90 Å². The molecule has 0 saturated carbocycles. The molecule has 1 heterocycles. The molecule has 0 fully saturated rings. The Bertz CT molecular complexity index is 1120. The van der Waals surface area contributed by atoms with Crippen molar-refractivity contribution in [3.05, 3.63) is 82.2 Å². The molecule has 1 aromatic heterocycles. The molecule has 9 heteroatoms. The molecule has 0 aliphatic rings. The number of anilines is 1. The maximum Gasteiger partial charge on any atom is 0.271 e. The van der Waals surface area contributed by atoms with Gasteiger partial charge in [0.2, 0.25) is 0 Å². The average molecular weight is 476 g/mol. The minimum atomic E-state index is -3.68. The standard InChI is InChI=1S/C20H18BrN3O4S/c1-14-19(21)12-17(28-14)13-22-23-20(25)15-8-10-16(11-9-15)24(2)29(26,27)18-6-4-3-5-7-18/h3-13H,1-2H3,(H,23,25)/b22-13-. The fraction of sp³-hybridized carbons (Fsp3) is 0.100. The van der Waals surface area contributed by atoms with Gasteiger partial charge in [0, 0.05) is 18.7 Å². The van der Waals surface area contributed by atoms with E-state index in [4.69, 9.17) is 4.42 Å². The van der Waals surface area contributed by atoms with Crippen LogP contribution in [0, 0.1) is 6.92 Å². The lowest BCUT2D eigenvalue weighted by Crippen LogP contribution is -2.26. The van der Waals surface area contributed by atoms with Gasteiger partial charge < -0.3 is 4.42 Å². The van der Waals surface area contributed by atoms with Crippen LogP contribution in [-0.2, 0) is 10.0 Å². The van der Waals surface area contributed by atoms with Crippen LogP contribution in [0.5, 0.6) is 0 Å². The summed E-state index contributed by atoms with van der Waals surface area (Å²) in [4.78, 5) is 12.4. The number of nitrogens with zero attached hydrogens (tertiary/aromatic N) is 2. The van der Waals surface area contributed by atoms with Crippen molar-refractivity contribution in [2.75, 3.05) is 11.4 Å². The number of carbonyl (C=O) groups is 1. The van der Waals surface area contributed by atoms with E-state index in [9.17, 15) is 13.2 Å². The van der Waals surface area contributed by atoms with E-state index < -0.39 is 15.9 Å². The van der Waals surface area contributed by atoms with E-state index in [1.54, 1.807) is 43.3 Å². The van der Waals surface area contributed by atoms with Gasteiger partial charge in [-0.3, -0.25) is 9.10 Å². The Kier molecular flexibility index (Phi) is 6.19. The highest BCUT2D eigenvalue weighted by Crippen LogP contribution is 2.22. The van der Waals surface area contributed by atoms with Crippen molar-refractivity contribution in [1.29, 1.82) is 0 Å². The summed E-state index contributed by atoms with van der Waals surface area (Å²) in [5.74, 6) is 0.782. The van der Waals surface area contributed by atoms with E-state index in [0.29, 0.717) is 22.8 Å². The number of halogens is 1. The number of sulfonamides is 1. The van der Waals surface area contributed by atoms with Gasteiger partial charge in [-0.05, 0) is 59.3 Å². The van der Waals surface area contributed by atoms with Crippen molar-refractivity contribution in [2.45, 2.75) is 11.8 Å². The Morgan fingerprint density at radius 2 is 1.79 bits per heavy atom. The van der Waals surface area contributed by atoms with Gasteiger partial charge in [0.05, 0.1) is 21.3 Å². The summed E-state index contributed by atoms with van der Waals surface area (Å²) in [5.41, 5.74) is 3.18. The van der Waals surface area contributed by atoms with Gasteiger partial charge >= 0.3 is 0 Å². The second-order valence-electron chi connectivity index (χ2n) is 6.08. The first-order valence-electron chi connectivity index (χ1n) is 8.52. The average Bonchev–Trinajstić information content (AvgIpc) is 3.05. The quantitative estimate of drug-likeness (QED) is 0.431. The number of carbonyl (C=O) groups excluding carboxylic acids is 1. The molecule has 0 saturated heterocycles. The summed E-state index contributed by atoms with van der Waals surface area (Å²) in [7, 11) is -2.21. The van der Waals surface area contributed by atoms with E-state index in [2.05, 4.69) is 26.5 Å². The van der Waals surface area contributed by atoms with E-state index in [1.165, 1.54) is 41.8 Å². The first-order chi connectivity index (χ1) is 13.8. The minimum Gasteiger partial charge on any atom is -0.459 e. The SMILES string of the molecule is Cc1oc(/C=N\NC(=O)c2ccc(N(C)S(=O)(=O)c3ccccc3)cc2)cc1Br. The monoisotopic (exact) mass is 475 g/mol. The maximum absolute atomic E-state index is 12.7. The number of aryl methyl sites for hydroxylation is 1. The fourth-order valence-corrected chi connectivity index (χ4v) is 4.00. The predicted molar refractivity (Wildman–Crippen MR) is 115 cm³/mol. The molecule has 29 heavy (non-hydrogen) atoms. The van der Waals surface area contributed by atoms with Gasteiger partial charge in [-0.15, -0.1) is 0 Å². The number of benzene rings is 2. The molecule has 2 aromatic carbocycles. The summed E-state index contributed by atoms with van der Waals surface area (Å²) >= 11 is 3.33. The molecule has 1 amide bonds. The number of hydrogen-bond donors (Lipinski definition) is 1. The van der Waals surface area contributed by atoms with Crippen LogP contribution in [0.25, 0.3) is 0 Å². The highest BCUT2D eigenvalue weighted by Gasteiger charge is 2.21. The molecule has 150 valence electrons. The second kappa shape index (κ2) is 8.62. The number of amides is 1. The van der Waals surface area contributed by atoms with Gasteiger partial charge in [-0.2, -0.15) is 5.10 Å². The molecule has 0 unspecified atom stereocenters. The Hall–Kier alpha value is -2.91. The summed E-state index contributed by atoms with van der Waals surface area (Å²) in [6.45, 7) is 1.80. The molecule has 0 bridgehead atoms. The highest BCUT2D eigenvalue weighted by molar-refractivity contribution is 9.10. The summed E-state index contributed by atoms with van der Waals surface area (Å²) in [5, 5.41) is 3.86. The Morgan fingerprint density at radius 3 is 2.38 bits per heavy atom. The van der Waals surface area contributed by atoms with Crippen LogP contribution in [0.4, 0.5) is 5.69 Å². The fourth-order valence-electron chi connectivity index (χ4n) is 2.48. The van der Waals surface area contributed by atoms with Crippen LogP contribution in [0.2, 0.25) is 0 Å². The van der Waals surface area contributed by atoms with E-state index in [1.807, 2.05) is 0 Å². The summed E-state index contributed by atoms with van der Waals surface area (Å²) < 4.78 is 32.7. The molecule has 0 aliphatic heterocycles. The molecule has 1 N–H and O–H groups in total. The number of rotatable bonds is 6. The zero-order valence-corrected chi connectivity index (χ0v) is 18.1. The van der Waals surface area contributed by atoms with Gasteiger partial charge in [0.1, 0.15) is 11.5 Å². The summed E-state index contributed by atoms with van der Waals surface area (Å²) in [6, 6.07) is 16.1. The Balaban J connectivity index is 1.68. The molecule has 0 spiro atoms. The van der Waals surface area contributed by atoms with Crippen LogP contribution < -0.4 is 9.73 Å². The van der Waals surface area contributed by atoms with Crippen molar-refractivity contribution in [2.24, 2.45) is 5.10 Å². The molecule has 3 rings (SSSR count). The Labute approximate surface area is 177 Å². The third-order valence-electron chi connectivity index (χ3n) is 4.13. The van der Waals surface area contributed by atoms with Gasteiger partial charge in [-0.1, -0.05) is 18.2 Å². The zero-order chi connectivity index (χ0) is 21.0. The van der Waals surface area contributed by atoms with Crippen LogP contribution >= 0.6 is 15.9 Å². The third kappa shape index (κ3) is 4.75. The molecule has 0 aliphatic carbocycles. The lowest BCUT2D eigenvalue weighted by atomic mass is 10.2. The van der Waals surface area contributed by atoms with Crippen LogP contribution in [0.15, 0.2) is 79.6 Å². The van der Waals surface area contributed by atoms with Gasteiger partial charge in [0.25, 0.3) is 15.9 Å². The smallest absolute Gasteiger partial charge is 0.271 e. The van der Waals surface area contributed by atoms with E-state index >= 15 is 0 Å². The lowest BCUT2D eigenvalue weighted by molar-refractivity contribution is 0.0955. The third-order valence-corrected chi connectivity index (χ3v) is 6.72. The van der Waals surface area contributed by atoms with Crippen LogP contribution in [-0.4, -0.2) is 27.6 Å². The van der Waals surface area contributed by atoms with Crippen molar-refractivity contribution >= 4 is 43.8 Å². The number of hydrazone groups is 1. The minimum absolute atomic E-state index is 0.193. The number of nitrogens with one attached hydrogen (secondary N) is 1. The summed E-state index contributed by atoms with van der Waals surface area (Å²) in [6.07, 6.45) is 1.39. The van der Waals surface area contributed by atoms with Crippen LogP contribution in [0.3, 0.4) is 0 Å². The molecule has 7 nitrogen and oxygen atoms in total. The number of hydrogen-bond acceptors (Lipinski definition) is 5. The molecular weight excluding hydrogens is 458 g/mol.